The quantitative estimate of drug-likeness (QED) is 0.719. The molecule has 0 atom stereocenters. The third-order valence-corrected chi connectivity index (χ3v) is 4.66. The molecule has 5 heteroatoms. The Bertz CT molecular complexity index is 938. The summed E-state index contributed by atoms with van der Waals surface area (Å²) in [6, 6.07) is 16.8. The van der Waals surface area contributed by atoms with E-state index in [2.05, 4.69) is 20.9 Å². The summed E-state index contributed by atoms with van der Waals surface area (Å²) in [5, 5.41) is 10.5. The van der Waals surface area contributed by atoms with Gasteiger partial charge in [0.05, 0.1) is 16.8 Å². The molecule has 0 saturated carbocycles. The van der Waals surface area contributed by atoms with Crippen LogP contribution in [0.3, 0.4) is 0 Å². The summed E-state index contributed by atoms with van der Waals surface area (Å²) in [6.07, 6.45) is 1.66. The van der Waals surface area contributed by atoms with Crippen LogP contribution >= 0.6 is 0 Å². The van der Waals surface area contributed by atoms with Gasteiger partial charge in [-0.1, -0.05) is 18.2 Å². The number of hydrogen-bond acceptors (Lipinski definition) is 4. The molecule has 3 aromatic rings. The molecule has 4 nitrogen and oxygen atoms in total. The van der Waals surface area contributed by atoms with Crippen molar-refractivity contribution in [3.8, 4) is 6.07 Å². The van der Waals surface area contributed by atoms with Crippen LogP contribution in [0.15, 0.2) is 54.7 Å². The lowest BCUT2D eigenvalue weighted by Crippen LogP contribution is -2.46. The number of para-hydroxylation sites is 1. The molecule has 0 bridgehead atoms. The van der Waals surface area contributed by atoms with E-state index in [0.717, 1.165) is 48.5 Å². The first-order valence-electron chi connectivity index (χ1n) is 8.29. The lowest BCUT2D eigenvalue weighted by molar-refractivity contribution is 0.625. The van der Waals surface area contributed by atoms with Crippen LogP contribution < -0.4 is 9.80 Å². The van der Waals surface area contributed by atoms with Crippen molar-refractivity contribution in [3.05, 3.63) is 66.1 Å². The molecule has 0 N–H and O–H groups in total. The Morgan fingerprint density at radius 2 is 1.60 bits per heavy atom. The zero-order chi connectivity index (χ0) is 17.2. The van der Waals surface area contributed by atoms with E-state index >= 15 is 0 Å². The first-order chi connectivity index (χ1) is 12.3. The molecule has 4 rings (SSSR count). The van der Waals surface area contributed by atoms with Crippen LogP contribution in [0.25, 0.3) is 10.9 Å². The van der Waals surface area contributed by atoms with Crippen LogP contribution in [-0.2, 0) is 0 Å². The Kier molecular flexibility index (Phi) is 3.95. The molecular formula is C20H17FN4. The first-order valence-corrected chi connectivity index (χ1v) is 8.29. The van der Waals surface area contributed by atoms with Crippen molar-refractivity contribution < 1.29 is 4.39 Å². The average molecular weight is 332 g/mol. The molecule has 1 fully saturated rings. The number of pyridine rings is 1. The van der Waals surface area contributed by atoms with Crippen molar-refractivity contribution in [2.45, 2.75) is 0 Å². The lowest BCUT2D eigenvalue weighted by Gasteiger charge is -2.38. The number of nitrogens with zero attached hydrogens (tertiary/aromatic N) is 4. The number of rotatable bonds is 2. The number of fused-ring (bicyclic) bond motifs is 1. The summed E-state index contributed by atoms with van der Waals surface area (Å²) >= 11 is 0. The summed E-state index contributed by atoms with van der Waals surface area (Å²) in [6.45, 7) is 3.26. The van der Waals surface area contributed by atoms with Gasteiger partial charge in [-0.3, -0.25) is 4.98 Å². The van der Waals surface area contributed by atoms with Gasteiger partial charge < -0.3 is 9.80 Å². The van der Waals surface area contributed by atoms with Crippen molar-refractivity contribution >= 4 is 22.3 Å². The standard InChI is InChI=1S/C20H17FN4/c21-16-5-7-17(8-6-16)24-9-11-25(12-10-24)20-15(13-22)14-23-19-4-2-1-3-18(19)20/h1-8,14H,9-12H2. The predicted molar refractivity (Wildman–Crippen MR) is 97.3 cm³/mol. The van der Waals surface area contributed by atoms with E-state index in [4.69, 9.17) is 0 Å². The monoisotopic (exact) mass is 332 g/mol. The fourth-order valence-corrected chi connectivity index (χ4v) is 3.39. The fourth-order valence-electron chi connectivity index (χ4n) is 3.39. The molecule has 1 aromatic heterocycles. The highest BCUT2D eigenvalue weighted by atomic mass is 19.1. The molecule has 0 amide bonds. The number of aromatic nitrogens is 1. The van der Waals surface area contributed by atoms with E-state index in [-0.39, 0.29) is 5.82 Å². The van der Waals surface area contributed by atoms with Gasteiger partial charge in [0.2, 0.25) is 0 Å². The smallest absolute Gasteiger partial charge is 0.123 e. The maximum Gasteiger partial charge on any atom is 0.123 e. The maximum atomic E-state index is 13.1. The highest BCUT2D eigenvalue weighted by Crippen LogP contribution is 2.30. The van der Waals surface area contributed by atoms with Gasteiger partial charge in [0.1, 0.15) is 11.9 Å². The zero-order valence-electron chi connectivity index (χ0n) is 13.7. The number of nitriles is 1. The van der Waals surface area contributed by atoms with E-state index in [1.165, 1.54) is 12.1 Å². The van der Waals surface area contributed by atoms with Crippen molar-refractivity contribution in [1.29, 1.82) is 5.26 Å². The molecule has 1 aliphatic rings. The minimum atomic E-state index is -0.218. The highest BCUT2D eigenvalue weighted by molar-refractivity contribution is 5.94. The molecule has 1 aliphatic heterocycles. The third-order valence-electron chi connectivity index (χ3n) is 4.66. The Balaban J connectivity index is 1.62. The van der Waals surface area contributed by atoms with E-state index < -0.39 is 0 Å². The second-order valence-corrected chi connectivity index (χ2v) is 6.10. The van der Waals surface area contributed by atoms with Crippen molar-refractivity contribution in [2.75, 3.05) is 36.0 Å². The van der Waals surface area contributed by atoms with Crippen LogP contribution in [0.4, 0.5) is 15.8 Å². The van der Waals surface area contributed by atoms with Crippen molar-refractivity contribution in [2.24, 2.45) is 0 Å². The fraction of sp³-hybridized carbons (Fsp3) is 0.200. The van der Waals surface area contributed by atoms with Gasteiger partial charge in [-0.2, -0.15) is 5.26 Å². The summed E-state index contributed by atoms with van der Waals surface area (Å²) in [5.41, 5.74) is 3.50. The second-order valence-electron chi connectivity index (χ2n) is 6.10. The molecule has 0 spiro atoms. The number of anilines is 2. The summed E-state index contributed by atoms with van der Waals surface area (Å²) in [5.74, 6) is -0.218. The van der Waals surface area contributed by atoms with Gasteiger partial charge in [-0.25, -0.2) is 4.39 Å². The van der Waals surface area contributed by atoms with Crippen molar-refractivity contribution in [3.63, 3.8) is 0 Å². The topological polar surface area (TPSA) is 43.2 Å². The van der Waals surface area contributed by atoms with Crippen molar-refractivity contribution in [1.82, 2.24) is 4.98 Å². The summed E-state index contributed by atoms with van der Waals surface area (Å²) < 4.78 is 13.1. The molecule has 2 aromatic carbocycles. The second kappa shape index (κ2) is 6.40. The Hall–Kier alpha value is -3.13. The summed E-state index contributed by atoms with van der Waals surface area (Å²) in [7, 11) is 0. The molecule has 2 heterocycles. The average Bonchev–Trinajstić information content (AvgIpc) is 2.68. The molecular weight excluding hydrogens is 315 g/mol. The number of hydrogen-bond donors (Lipinski definition) is 0. The largest absolute Gasteiger partial charge is 0.368 e. The van der Waals surface area contributed by atoms with Crippen LogP contribution in [0.5, 0.6) is 0 Å². The van der Waals surface area contributed by atoms with Crippen LogP contribution in [0, 0.1) is 17.1 Å². The van der Waals surface area contributed by atoms with Crippen LogP contribution in [0.2, 0.25) is 0 Å². The Morgan fingerprint density at radius 3 is 2.32 bits per heavy atom. The molecule has 0 radical (unpaired) electrons. The number of piperazine rings is 1. The van der Waals surface area contributed by atoms with E-state index in [9.17, 15) is 9.65 Å². The number of benzene rings is 2. The van der Waals surface area contributed by atoms with Crippen LogP contribution in [-0.4, -0.2) is 31.2 Å². The van der Waals surface area contributed by atoms with E-state index in [0.29, 0.717) is 5.56 Å². The van der Waals surface area contributed by atoms with Crippen LogP contribution in [0.1, 0.15) is 5.56 Å². The van der Waals surface area contributed by atoms with Gasteiger partial charge in [0.25, 0.3) is 0 Å². The molecule has 0 unspecified atom stereocenters. The van der Waals surface area contributed by atoms with Gasteiger partial charge in [-0.15, -0.1) is 0 Å². The molecule has 1 saturated heterocycles. The highest BCUT2D eigenvalue weighted by Gasteiger charge is 2.21. The number of halogens is 1. The first kappa shape index (κ1) is 15.4. The van der Waals surface area contributed by atoms with Gasteiger partial charge in [-0.05, 0) is 30.3 Å². The summed E-state index contributed by atoms with van der Waals surface area (Å²) in [4.78, 5) is 8.88. The van der Waals surface area contributed by atoms with Gasteiger partial charge in [0.15, 0.2) is 0 Å². The minimum absolute atomic E-state index is 0.218. The Morgan fingerprint density at radius 1 is 0.920 bits per heavy atom. The minimum Gasteiger partial charge on any atom is -0.368 e. The van der Waals surface area contributed by atoms with Gasteiger partial charge in [0, 0.05) is 43.4 Å². The Labute approximate surface area is 145 Å². The van der Waals surface area contributed by atoms with E-state index in [1.807, 2.05) is 36.4 Å². The predicted octanol–water partition coefficient (Wildman–Crippen LogP) is 3.57. The molecule has 25 heavy (non-hydrogen) atoms. The molecule has 124 valence electrons. The lowest BCUT2D eigenvalue weighted by atomic mass is 10.1. The normalized spacial score (nSPS) is 14.6. The molecule has 0 aliphatic carbocycles. The van der Waals surface area contributed by atoms with Gasteiger partial charge >= 0.3 is 0 Å². The maximum absolute atomic E-state index is 13.1. The SMILES string of the molecule is N#Cc1cnc2ccccc2c1N1CCN(c2ccc(F)cc2)CC1. The van der Waals surface area contributed by atoms with E-state index in [1.54, 1.807) is 6.20 Å². The zero-order valence-corrected chi connectivity index (χ0v) is 13.7. The third kappa shape index (κ3) is 2.87.